The molecule has 1 N–H and O–H groups in total. The highest BCUT2D eigenvalue weighted by atomic mass is 32.1. The second-order valence-corrected chi connectivity index (χ2v) is 6.49. The molecule has 17 heavy (non-hydrogen) atoms. The third-order valence-electron chi connectivity index (χ3n) is 3.44. The predicted octanol–water partition coefficient (Wildman–Crippen LogP) is 3.51. The average molecular weight is 254 g/mol. The molecule has 0 radical (unpaired) electrons. The summed E-state index contributed by atoms with van der Waals surface area (Å²) < 4.78 is 0. The lowest BCUT2D eigenvalue weighted by atomic mass is 9.79. The topological polar surface area (TPSA) is 24.9 Å². The maximum atomic E-state index is 4.58. The molecule has 1 atom stereocenters. The summed E-state index contributed by atoms with van der Waals surface area (Å²) in [6.45, 7) is 11.4. The minimum Gasteiger partial charge on any atom is -0.316 e. The van der Waals surface area contributed by atoms with Gasteiger partial charge in [-0.05, 0) is 31.7 Å². The molecule has 1 rings (SSSR count). The molecule has 1 aromatic heterocycles. The Balaban J connectivity index is 2.75. The molecular formula is C14H26N2S. The standard InChI is InChI=1S/C14H26N2S/c1-9(2)14(10(3)4)12(15-6)7-13-16-11(5)8-17-13/h8-10,12,14-15H,7H2,1-6H3. The highest BCUT2D eigenvalue weighted by molar-refractivity contribution is 7.09. The van der Waals surface area contributed by atoms with Gasteiger partial charge in [-0.1, -0.05) is 27.7 Å². The van der Waals surface area contributed by atoms with Crippen LogP contribution in [-0.4, -0.2) is 18.1 Å². The van der Waals surface area contributed by atoms with Gasteiger partial charge in [0.2, 0.25) is 0 Å². The van der Waals surface area contributed by atoms with Crippen LogP contribution in [0.1, 0.15) is 38.4 Å². The molecule has 98 valence electrons. The van der Waals surface area contributed by atoms with E-state index in [1.54, 1.807) is 11.3 Å². The molecule has 1 unspecified atom stereocenters. The van der Waals surface area contributed by atoms with E-state index in [2.05, 4.69) is 57.3 Å². The Kier molecular flexibility index (Phi) is 5.60. The first-order chi connectivity index (χ1) is 7.95. The smallest absolute Gasteiger partial charge is 0.0943 e. The Morgan fingerprint density at radius 1 is 1.24 bits per heavy atom. The Bertz CT molecular complexity index is 323. The molecule has 0 aliphatic heterocycles. The normalized spacial score (nSPS) is 13.9. The van der Waals surface area contributed by atoms with Gasteiger partial charge in [0.15, 0.2) is 0 Å². The lowest BCUT2D eigenvalue weighted by molar-refractivity contribution is 0.214. The van der Waals surface area contributed by atoms with Gasteiger partial charge in [0.05, 0.1) is 5.01 Å². The van der Waals surface area contributed by atoms with E-state index in [-0.39, 0.29) is 0 Å². The van der Waals surface area contributed by atoms with E-state index in [0.29, 0.717) is 23.8 Å². The van der Waals surface area contributed by atoms with E-state index < -0.39 is 0 Å². The van der Waals surface area contributed by atoms with E-state index in [1.807, 2.05) is 0 Å². The van der Waals surface area contributed by atoms with Gasteiger partial charge in [0.25, 0.3) is 0 Å². The Morgan fingerprint density at radius 2 is 1.82 bits per heavy atom. The fourth-order valence-corrected chi connectivity index (χ4v) is 3.65. The summed E-state index contributed by atoms with van der Waals surface area (Å²) in [5, 5.41) is 6.89. The van der Waals surface area contributed by atoms with Crippen molar-refractivity contribution in [3.8, 4) is 0 Å². The van der Waals surface area contributed by atoms with Gasteiger partial charge in [-0.25, -0.2) is 4.98 Å². The number of likely N-dealkylation sites (N-methyl/N-ethyl adjacent to an activating group) is 1. The molecule has 0 aromatic carbocycles. The molecule has 1 heterocycles. The quantitative estimate of drug-likeness (QED) is 0.840. The predicted molar refractivity (Wildman–Crippen MR) is 76.6 cm³/mol. The zero-order chi connectivity index (χ0) is 13.0. The van der Waals surface area contributed by atoms with Crippen molar-refractivity contribution < 1.29 is 0 Å². The van der Waals surface area contributed by atoms with Crippen LogP contribution in [0.25, 0.3) is 0 Å². The van der Waals surface area contributed by atoms with Gasteiger partial charge in [-0.2, -0.15) is 0 Å². The summed E-state index contributed by atoms with van der Waals surface area (Å²) in [6.07, 6.45) is 1.05. The first-order valence-electron chi connectivity index (χ1n) is 6.54. The van der Waals surface area contributed by atoms with Crippen LogP contribution in [0.3, 0.4) is 0 Å². The summed E-state index contributed by atoms with van der Waals surface area (Å²) in [4.78, 5) is 4.58. The molecule has 2 nitrogen and oxygen atoms in total. The van der Waals surface area contributed by atoms with Crippen LogP contribution in [0.15, 0.2) is 5.38 Å². The number of aromatic nitrogens is 1. The number of aryl methyl sites for hydroxylation is 1. The van der Waals surface area contributed by atoms with E-state index in [9.17, 15) is 0 Å². The average Bonchev–Trinajstić information content (AvgIpc) is 2.61. The monoisotopic (exact) mass is 254 g/mol. The lowest BCUT2D eigenvalue weighted by Crippen LogP contribution is -2.40. The van der Waals surface area contributed by atoms with Crippen LogP contribution in [0.2, 0.25) is 0 Å². The molecule has 0 saturated carbocycles. The molecule has 3 heteroatoms. The molecule has 0 amide bonds. The highest BCUT2D eigenvalue weighted by Gasteiger charge is 2.27. The molecule has 0 aliphatic rings. The molecule has 0 bridgehead atoms. The third kappa shape index (κ3) is 4.07. The number of thiazole rings is 1. The maximum Gasteiger partial charge on any atom is 0.0943 e. The van der Waals surface area contributed by atoms with E-state index in [1.165, 1.54) is 5.01 Å². The van der Waals surface area contributed by atoms with Crippen LogP contribution in [-0.2, 0) is 6.42 Å². The van der Waals surface area contributed by atoms with E-state index in [4.69, 9.17) is 0 Å². The molecule has 0 fully saturated rings. The summed E-state index contributed by atoms with van der Waals surface area (Å²) in [5.41, 5.74) is 1.14. The SMILES string of the molecule is CNC(Cc1nc(C)cs1)C(C(C)C)C(C)C. The fraction of sp³-hybridized carbons (Fsp3) is 0.786. The van der Waals surface area contributed by atoms with Gasteiger partial charge < -0.3 is 5.32 Å². The molecule has 0 aliphatic carbocycles. The first-order valence-corrected chi connectivity index (χ1v) is 7.42. The molecule has 1 aromatic rings. The Labute approximate surface area is 110 Å². The zero-order valence-electron chi connectivity index (χ0n) is 11.9. The van der Waals surface area contributed by atoms with Gasteiger partial charge in [0, 0.05) is 23.5 Å². The summed E-state index contributed by atoms with van der Waals surface area (Å²) >= 11 is 1.78. The van der Waals surface area contributed by atoms with Crippen molar-refractivity contribution in [1.29, 1.82) is 0 Å². The van der Waals surface area contributed by atoms with Gasteiger partial charge in [0.1, 0.15) is 0 Å². The van der Waals surface area contributed by atoms with Crippen LogP contribution in [0, 0.1) is 24.7 Å². The second-order valence-electron chi connectivity index (χ2n) is 5.55. The first kappa shape index (κ1) is 14.7. The zero-order valence-corrected chi connectivity index (χ0v) is 12.8. The second kappa shape index (κ2) is 6.50. The van der Waals surface area contributed by atoms with Crippen LogP contribution in [0.4, 0.5) is 0 Å². The van der Waals surface area contributed by atoms with Crippen molar-refractivity contribution in [2.24, 2.45) is 17.8 Å². The van der Waals surface area contributed by atoms with Gasteiger partial charge in [-0.15, -0.1) is 11.3 Å². The summed E-state index contributed by atoms with van der Waals surface area (Å²) in [5.74, 6) is 2.10. The lowest BCUT2D eigenvalue weighted by Gasteiger charge is -2.32. The van der Waals surface area contributed by atoms with Crippen molar-refractivity contribution in [2.45, 2.75) is 47.1 Å². The van der Waals surface area contributed by atoms with E-state index in [0.717, 1.165) is 12.1 Å². The van der Waals surface area contributed by atoms with Crippen molar-refractivity contribution in [2.75, 3.05) is 7.05 Å². The number of rotatable bonds is 6. The number of nitrogens with zero attached hydrogens (tertiary/aromatic N) is 1. The molecule has 0 saturated heterocycles. The van der Waals surface area contributed by atoms with Crippen molar-refractivity contribution in [3.05, 3.63) is 16.1 Å². The van der Waals surface area contributed by atoms with Crippen molar-refractivity contribution >= 4 is 11.3 Å². The fourth-order valence-electron chi connectivity index (χ4n) is 2.81. The maximum absolute atomic E-state index is 4.58. The Hall–Kier alpha value is -0.410. The summed E-state index contributed by atoms with van der Waals surface area (Å²) in [7, 11) is 2.07. The number of hydrogen-bond donors (Lipinski definition) is 1. The largest absolute Gasteiger partial charge is 0.316 e. The van der Waals surface area contributed by atoms with Crippen molar-refractivity contribution in [3.63, 3.8) is 0 Å². The highest BCUT2D eigenvalue weighted by Crippen LogP contribution is 2.27. The Morgan fingerprint density at radius 3 is 2.18 bits per heavy atom. The third-order valence-corrected chi connectivity index (χ3v) is 4.43. The molecule has 0 spiro atoms. The van der Waals surface area contributed by atoms with Crippen LogP contribution >= 0.6 is 11.3 Å². The van der Waals surface area contributed by atoms with Gasteiger partial charge in [-0.3, -0.25) is 0 Å². The number of hydrogen-bond acceptors (Lipinski definition) is 3. The van der Waals surface area contributed by atoms with Gasteiger partial charge >= 0.3 is 0 Å². The van der Waals surface area contributed by atoms with E-state index >= 15 is 0 Å². The number of nitrogens with one attached hydrogen (secondary N) is 1. The minimum absolute atomic E-state index is 0.528. The van der Waals surface area contributed by atoms with Crippen LogP contribution in [0.5, 0.6) is 0 Å². The minimum atomic E-state index is 0.528. The summed E-state index contributed by atoms with van der Waals surface area (Å²) in [6, 6.07) is 0.528. The van der Waals surface area contributed by atoms with Crippen LogP contribution < -0.4 is 5.32 Å². The molecular weight excluding hydrogens is 228 g/mol. The van der Waals surface area contributed by atoms with Crippen molar-refractivity contribution in [1.82, 2.24) is 10.3 Å².